The van der Waals surface area contributed by atoms with Crippen LogP contribution in [0.1, 0.15) is 23.2 Å². The van der Waals surface area contributed by atoms with E-state index >= 15 is 0 Å². The van der Waals surface area contributed by atoms with Gasteiger partial charge in [-0.1, -0.05) is 6.07 Å². The maximum Gasteiger partial charge on any atom is 0.254 e. The first-order valence-electron chi connectivity index (χ1n) is 8.21. The number of benzene rings is 1. The largest absolute Gasteiger partial charge is 0.497 e. The molecule has 1 spiro atoms. The van der Waals surface area contributed by atoms with Crippen LogP contribution in [0.5, 0.6) is 5.75 Å². The SMILES string of the molecule is COCC1CCN(C)C2(C1)CN(C(=O)c1cccc(OC)c1)C2. The van der Waals surface area contributed by atoms with Crippen LogP contribution in [0, 0.1) is 5.92 Å². The number of rotatable bonds is 4. The van der Waals surface area contributed by atoms with E-state index in [2.05, 4.69) is 11.9 Å². The summed E-state index contributed by atoms with van der Waals surface area (Å²) in [6, 6.07) is 7.39. The Bertz CT molecular complexity index is 569. The second-order valence-electron chi connectivity index (χ2n) is 6.85. The molecule has 1 amide bonds. The number of hydrogen-bond donors (Lipinski definition) is 0. The summed E-state index contributed by atoms with van der Waals surface area (Å²) >= 11 is 0. The molecular weight excluding hydrogens is 292 g/mol. The summed E-state index contributed by atoms with van der Waals surface area (Å²) in [6.45, 7) is 3.51. The van der Waals surface area contributed by atoms with Crippen LogP contribution < -0.4 is 4.74 Å². The minimum atomic E-state index is 0.0942. The smallest absolute Gasteiger partial charge is 0.254 e. The Labute approximate surface area is 138 Å². The third-order valence-corrected chi connectivity index (χ3v) is 5.33. The molecule has 2 aliphatic rings. The first-order chi connectivity index (χ1) is 11.1. The Balaban J connectivity index is 1.65. The van der Waals surface area contributed by atoms with Crippen molar-refractivity contribution < 1.29 is 14.3 Å². The van der Waals surface area contributed by atoms with Crippen LogP contribution in [-0.2, 0) is 4.74 Å². The molecule has 5 nitrogen and oxygen atoms in total. The van der Waals surface area contributed by atoms with E-state index in [1.54, 1.807) is 14.2 Å². The number of piperidine rings is 1. The molecule has 2 fully saturated rings. The van der Waals surface area contributed by atoms with E-state index in [9.17, 15) is 4.79 Å². The molecule has 3 rings (SSSR count). The Morgan fingerprint density at radius 3 is 2.83 bits per heavy atom. The fourth-order valence-electron chi connectivity index (χ4n) is 3.90. The van der Waals surface area contributed by atoms with Gasteiger partial charge in [-0.15, -0.1) is 0 Å². The van der Waals surface area contributed by atoms with Gasteiger partial charge in [0.15, 0.2) is 0 Å². The number of likely N-dealkylation sites (N-methyl/N-ethyl adjacent to an activating group) is 1. The fraction of sp³-hybridized carbons (Fsp3) is 0.611. The van der Waals surface area contributed by atoms with Crippen LogP contribution >= 0.6 is 0 Å². The summed E-state index contributed by atoms with van der Waals surface area (Å²) in [5, 5.41) is 0. The number of hydrogen-bond acceptors (Lipinski definition) is 4. The number of likely N-dealkylation sites (tertiary alicyclic amines) is 2. The molecule has 126 valence electrons. The van der Waals surface area contributed by atoms with Gasteiger partial charge in [0, 0.05) is 32.4 Å². The van der Waals surface area contributed by atoms with Gasteiger partial charge in [-0.25, -0.2) is 0 Å². The van der Waals surface area contributed by atoms with Crippen LogP contribution in [0.15, 0.2) is 24.3 Å². The predicted octanol–water partition coefficient (Wildman–Crippen LogP) is 1.88. The first kappa shape index (κ1) is 16.3. The van der Waals surface area contributed by atoms with Gasteiger partial charge >= 0.3 is 0 Å². The highest BCUT2D eigenvalue weighted by atomic mass is 16.5. The van der Waals surface area contributed by atoms with Gasteiger partial charge in [-0.3, -0.25) is 9.69 Å². The van der Waals surface area contributed by atoms with E-state index < -0.39 is 0 Å². The van der Waals surface area contributed by atoms with Crippen molar-refractivity contribution in [1.29, 1.82) is 0 Å². The molecule has 0 aromatic heterocycles. The van der Waals surface area contributed by atoms with Crippen molar-refractivity contribution in [2.45, 2.75) is 18.4 Å². The molecule has 1 atom stereocenters. The van der Waals surface area contributed by atoms with Crippen molar-refractivity contribution in [2.75, 3.05) is 47.5 Å². The zero-order chi connectivity index (χ0) is 16.4. The van der Waals surface area contributed by atoms with Gasteiger partial charge in [0.05, 0.1) is 12.6 Å². The number of carbonyl (C=O) groups excluding carboxylic acids is 1. The Hall–Kier alpha value is -1.59. The molecule has 1 aromatic rings. The van der Waals surface area contributed by atoms with E-state index in [4.69, 9.17) is 9.47 Å². The monoisotopic (exact) mass is 318 g/mol. The molecule has 2 aliphatic heterocycles. The Kier molecular flexibility index (Phi) is 4.60. The lowest BCUT2D eigenvalue weighted by Crippen LogP contribution is -2.72. The van der Waals surface area contributed by atoms with Gasteiger partial charge in [0.2, 0.25) is 0 Å². The lowest BCUT2D eigenvalue weighted by atomic mass is 9.75. The minimum Gasteiger partial charge on any atom is -0.497 e. The minimum absolute atomic E-state index is 0.0942. The van der Waals surface area contributed by atoms with Crippen molar-refractivity contribution in [3.63, 3.8) is 0 Å². The summed E-state index contributed by atoms with van der Waals surface area (Å²) in [7, 11) is 5.57. The van der Waals surface area contributed by atoms with Crippen molar-refractivity contribution in [2.24, 2.45) is 5.92 Å². The summed E-state index contributed by atoms with van der Waals surface area (Å²) in [5.41, 5.74) is 0.835. The lowest BCUT2D eigenvalue weighted by Gasteiger charge is -2.58. The number of carbonyl (C=O) groups is 1. The van der Waals surface area contributed by atoms with Crippen LogP contribution in [0.3, 0.4) is 0 Å². The zero-order valence-corrected chi connectivity index (χ0v) is 14.2. The second kappa shape index (κ2) is 6.49. The molecule has 0 bridgehead atoms. The van der Waals surface area contributed by atoms with Crippen molar-refractivity contribution >= 4 is 5.91 Å². The van der Waals surface area contributed by atoms with Gasteiger partial charge in [0.25, 0.3) is 5.91 Å². The zero-order valence-electron chi connectivity index (χ0n) is 14.2. The Morgan fingerprint density at radius 1 is 1.35 bits per heavy atom. The average Bonchev–Trinajstić information content (AvgIpc) is 2.54. The standard InChI is InChI=1S/C18H26N2O3/c1-19-8-7-14(11-22-2)10-18(19)12-20(13-18)17(21)15-5-4-6-16(9-15)23-3/h4-6,9,14H,7-8,10-13H2,1-3H3. The highest BCUT2D eigenvalue weighted by Crippen LogP contribution is 2.38. The molecule has 2 heterocycles. The third kappa shape index (κ3) is 3.08. The third-order valence-electron chi connectivity index (χ3n) is 5.33. The maximum atomic E-state index is 12.7. The molecule has 5 heteroatoms. The fourth-order valence-corrected chi connectivity index (χ4v) is 3.90. The molecule has 0 saturated carbocycles. The maximum absolute atomic E-state index is 12.7. The highest BCUT2D eigenvalue weighted by molar-refractivity contribution is 5.95. The van der Waals surface area contributed by atoms with Crippen LogP contribution in [0.2, 0.25) is 0 Å². The quantitative estimate of drug-likeness (QED) is 0.850. The van der Waals surface area contributed by atoms with Crippen LogP contribution in [-0.4, -0.2) is 68.8 Å². The van der Waals surface area contributed by atoms with E-state index in [0.29, 0.717) is 11.5 Å². The number of nitrogens with zero attached hydrogens (tertiary/aromatic N) is 2. The first-order valence-corrected chi connectivity index (χ1v) is 8.21. The molecule has 1 aromatic carbocycles. The summed E-state index contributed by atoms with van der Waals surface area (Å²) in [4.78, 5) is 17.0. The Morgan fingerprint density at radius 2 is 2.13 bits per heavy atom. The second-order valence-corrected chi connectivity index (χ2v) is 6.85. The topological polar surface area (TPSA) is 42.0 Å². The number of methoxy groups -OCH3 is 2. The summed E-state index contributed by atoms with van der Waals surface area (Å²) < 4.78 is 10.5. The van der Waals surface area contributed by atoms with E-state index in [1.165, 1.54) is 6.42 Å². The van der Waals surface area contributed by atoms with Crippen molar-refractivity contribution in [3.05, 3.63) is 29.8 Å². The van der Waals surface area contributed by atoms with Gasteiger partial charge in [-0.2, -0.15) is 0 Å². The molecule has 2 saturated heterocycles. The van der Waals surface area contributed by atoms with Crippen LogP contribution in [0.25, 0.3) is 0 Å². The molecular formula is C18H26N2O3. The van der Waals surface area contributed by atoms with Crippen molar-refractivity contribution in [1.82, 2.24) is 9.80 Å². The number of amides is 1. The average molecular weight is 318 g/mol. The predicted molar refractivity (Wildman–Crippen MR) is 88.9 cm³/mol. The van der Waals surface area contributed by atoms with Crippen molar-refractivity contribution in [3.8, 4) is 5.75 Å². The molecule has 0 aliphatic carbocycles. The lowest BCUT2D eigenvalue weighted by molar-refractivity contribution is -0.0731. The van der Waals surface area contributed by atoms with E-state index in [0.717, 1.165) is 38.4 Å². The van der Waals surface area contributed by atoms with Gasteiger partial charge < -0.3 is 14.4 Å². The molecule has 23 heavy (non-hydrogen) atoms. The van der Waals surface area contributed by atoms with E-state index in [-0.39, 0.29) is 11.4 Å². The van der Waals surface area contributed by atoms with Crippen LogP contribution in [0.4, 0.5) is 0 Å². The molecule has 0 N–H and O–H groups in total. The molecule has 1 unspecified atom stereocenters. The van der Waals surface area contributed by atoms with Gasteiger partial charge in [-0.05, 0) is 50.6 Å². The molecule has 0 radical (unpaired) electrons. The number of ether oxygens (including phenoxy) is 2. The van der Waals surface area contributed by atoms with Gasteiger partial charge in [0.1, 0.15) is 5.75 Å². The van der Waals surface area contributed by atoms with E-state index in [1.807, 2.05) is 29.2 Å². The highest BCUT2D eigenvalue weighted by Gasteiger charge is 2.50. The normalized spacial score (nSPS) is 23.6. The summed E-state index contributed by atoms with van der Waals surface area (Å²) in [6.07, 6.45) is 2.29. The summed E-state index contributed by atoms with van der Waals surface area (Å²) in [5.74, 6) is 1.42.